The van der Waals surface area contributed by atoms with Crippen LogP contribution in [0.2, 0.25) is 0 Å². The van der Waals surface area contributed by atoms with Crippen molar-refractivity contribution >= 4 is 0 Å². The molecule has 3 atom stereocenters. The zero-order chi connectivity index (χ0) is 8.28. The average molecular weight is 154 g/mol. The van der Waals surface area contributed by atoms with Crippen LogP contribution in [0.25, 0.3) is 0 Å². The van der Waals surface area contributed by atoms with Crippen LogP contribution < -0.4 is 0 Å². The average Bonchev–Trinajstić information content (AvgIpc) is 1.84. The van der Waals surface area contributed by atoms with Gasteiger partial charge in [0.2, 0.25) is 0 Å². The normalized spacial score (nSPS) is 53.5. The van der Waals surface area contributed by atoms with Crippen molar-refractivity contribution in [3.8, 4) is 0 Å². The van der Waals surface area contributed by atoms with Gasteiger partial charge < -0.3 is 5.11 Å². The molecule has 0 aromatic carbocycles. The van der Waals surface area contributed by atoms with Gasteiger partial charge in [-0.15, -0.1) is 0 Å². The van der Waals surface area contributed by atoms with Gasteiger partial charge in [-0.1, -0.05) is 13.8 Å². The van der Waals surface area contributed by atoms with Gasteiger partial charge in [-0.05, 0) is 43.4 Å². The van der Waals surface area contributed by atoms with Crippen molar-refractivity contribution in [2.75, 3.05) is 0 Å². The van der Waals surface area contributed by atoms with E-state index in [9.17, 15) is 5.11 Å². The van der Waals surface area contributed by atoms with Crippen molar-refractivity contribution in [3.05, 3.63) is 0 Å². The standard InChI is InChI=1S/C10H18O/c1-9(2)7-4-5-10(3,11)8(9)6-7/h7-8,11H,4-6H2,1-3H3/t7-,8-,10+/m0/s1. The summed E-state index contributed by atoms with van der Waals surface area (Å²) < 4.78 is 0. The molecule has 11 heavy (non-hydrogen) atoms. The molecule has 3 rings (SSSR count). The first-order valence-corrected chi connectivity index (χ1v) is 4.67. The topological polar surface area (TPSA) is 20.2 Å². The largest absolute Gasteiger partial charge is 0.390 e. The van der Waals surface area contributed by atoms with Crippen molar-refractivity contribution in [2.24, 2.45) is 17.3 Å². The van der Waals surface area contributed by atoms with Gasteiger partial charge in [0.15, 0.2) is 0 Å². The number of hydrogen-bond acceptors (Lipinski definition) is 1. The number of fused-ring (bicyclic) bond motifs is 2. The van der Waals surface area contributed by atoms with Gasteiger partial charge in [0.1, 0.15) is 0 Å². The Morgan fingerprint density at radius 3 is 2.18 bits per heavy atom. The molecule has 64 valence electrons. The predicted molar refractivity (Wildman–Crippen MR) is 45.2 cm³/mol. The molecule has 0 aromatic rings. The lowest BCUT2D eigenvalue weighted by molar-refractivity contribution is -0.192. The minimum atomic E-state index is -0.363. The van der Waals surface area contributed by atoms with E-state index in [0.29, 0.717) is 11.3 Å². The SMILES string of the molecule is CC1(C)[C@H]2CC[C@@](C)(O)[C@H]1C2. The lowest BCUT2D eigenvalue weighted by atomic mass is 9.44. The van der Waals surface area contributed by atoms with Crippen LogP contribution in [0.1, 0.15) is 40.0 Å². The summed E-state index contributed by atoms with van der Waals surface area (Å²) in [6.45, 7) is 6.62. The molecular formula is C10H18O. The smallest absolute Gasteiger partial charge is 0.0653 e. The minimum Gasteiger partial charge on any atom is -0.390 e. The molecule has 1 nitrogen and oxygen atoms in total. The molecule has 0 amide bonds. The fourth-order valence-corrected chi connectivity index (χ4v) is 3.20. The predicted octanol–water partition coefficient (Wildman–Crippen LogP) is 2.19. The lowest BCUT2D eigenvalue weighted by Gasteiger charge is -2.62. The Kier molecular flexibility index (Phi) is 1.26. The van der Waals surface area contributed by atoms with E-state index in [4.69, 9.17) is 0 Å². The quantitative estimate of drug-likeness (QED) is 0.567. The molecule has 0 aliphatic heterocycles. The van der Waals surface area contributed by atoms with Gasteiger partial charge in [-0.2, -0.15) is 0 Å². The molecule has 0 spiro atoms. The van der Waals surface area contributed by atoms with Gasteiger partial charge in [0.05, 0.1) is 5.60 Å². The zero-order valence-corrected chi connectivity index (χ0v) is 7.72. The molecule has 0 radical (unpaired) electrons. The van der Waals surface area contributed by atoms with E-state index in [2.05, 4.69) is 13.8 Å². The second-order valence-corrected chi connectivity index (χ2v) is 5.20. The first-order valence-electron chi connectivity index (χ1n) is 4.67. The highest BCUT2D eigenvalue weighted by molar-refractivity contribution is 5.08. The fraction of sp³-hybridized carbons (Fsp3) is 1.00. The first kappa shape index (κ1) is 7.60. The van der Waals surface area contributed by atoms with Crippen molar-refractivity contribution in [1.29, 1.82) is 0 Å². The van der Waals surface area contributed by atoms with Crippen LogP contribution in [0.4, 0.5) is 0 Å². The highest BCUT2D eigenvalue weighted by atomic mass is 16.3. The summed E-state index contributed by atoms with van der Waals surface area (Å²) >= 11 is 0. The van der Waals surface area contributed by atoms with Gasteiger partial charge in [-0.25, -0.2) is 0 Å². The van der Waals surface area contributed by atoms with E-state index < -0.39 is 0 Å². The van der Waals surface area contributed by atoms with Gasteiger partial charge in [0.25, 0.3) is 0 Å². The third-order valence-electron chi connectivity index (χ3n) is 4.22. The zero-order valence-electron chi connectivity index (χ0n) is 7.72. The second-order valence-electron chi connectivity index (χ2n) is 5.20. The second kappa shape index (κ2) is 1.82. The Morgan fingerprint density at radius 1 is 1.27 bits per heavy atom. The van der Waals surface area contributed by atoms with E-state index in [-0.39, 0.29) is 5.60 Å². The Balaban J connectivity index is 2.23. The van der Waals surface area contributed by atoms with Crippen molar-refractivity contribution in [1.82, 2.24) is 0 Å². The molecule has 3 aliphatic carbocycles. The maximum absolute atomic E-state index is 10.0. The molecule has 1 N–H and O–H groups in total. The van der Waals surface area contributed by atoms with Crippen molar-refractivity contribution in [2.45, 2.75) is 45.6 Å². The highest BCUT2D eigenvalue weighted by Gasteiger charge is 2.58. The minimum absolute atomic E-state index is 0.363. The van der Waals surface area contributed by atoms with E-state index in [0.717, 1.165) is 12.3 Å². The third-order valence-corrected chi connectivity index (χ3v) is 4.22. The summed E-state index contributed by atoms with van der Waals surface area (Å²) in [5.41, 5.74) is 0.0556. The van der Waals surface area contributed by atoms with Gasteiger partial charge in [-0.3, -0.25) is 0 Å². The van der Waals surface area contributed by atoms with E-state index in [1.165, 1.54) is 12.8 Å². The molecule has 1 heteroatoms. The molecule has 2 bridgehead atoms. The number of aliphatic hydroxyl groups is 1. The van der Waals surface area contributed by atoms with E-state index in [1.807, 2.05) is 6.92 Å². The lowest BCUT2D eigenvalue weighted by Crippen LogP contribution is -2.60. The van der Waals surface area contributed by atoms with Gasteiger partial charge in [0, 0.05) is 0 Å². The molecular weight excluding hydrogens is 136 g/mol. The Bertz CT molecular complexity index is 171. The fourth-order valence-electron chi connectivity index (χ4n) is 3.20. The first-order chi connectivity index (χ1) is 4.94. The van der Waals surface area contributed by atoms with Crippen LogP contribution in [0.3, 0.4) is 0 Å². The number of hydrogen-bond donors (Lipinski definition) is 1. The molecule has 3 fully saturated rings. The van der Waals surface area contributed by atoms with Crippen LogP contribution in [-0.4, -0.2) is 10.7 Å². The maximum atomic E-state index is 10.0. The molecule has 0 aromatic heterocycles. The molecule has 0 saturated heterocycles. The summed E-state index contributed by atoms with van der Waals surface area (Å²) in [7, 11) is 0. The van der Waals surface area contributed by atoms with Crippen LogP contribution in [-0.2, 0) is 0 Å². The third kappa shape index (κ3) is 0.807. The Labute approximate surface area is 68.8 Å². The van der Waals surface area contributed by atoms with Crippen LogP contribution >= 0.6 is 0 Å². The summed E-state index contributed by atoms with van der Waals surface area (Å²) in [4.78, 5) is 0. The van der Waals surface area contributed by atoms with Crippen molar-refractivity contribution < 1.29 is 5.11 Å². The summed E-state index contributed by atoms with van der Waals surface area (Å²) in [5.74, 6) is 1.46. The van der Waals surface area contributed by atoms with Crippen LogP contribution in [0.15, 0.2) is 0 Å². The van der Waals surface area contributed by atoms with E-state index >= 15 is 0 Å². The highest BCUT2D eigenvalue weighted by Crippen LogP contribution is 2.62. The Hall–Kier alpha value is -0.0400. The molecule has 0 unspecified atom stereocenters. The molecule has 0 heterocycles. The molecule has 3 saturated carbocycles. The monoisotopic (exact) mass is 154 g/mol. The van der Waals surface area contributed by atoms with Crippen molar-refractivity contribution in [3.63, 3.8) is 0 Å². The summed E-state index contributed by atoms with van der Waals surface area (Å²) in [6.07, 6.45) is 3.52. The maximum Gasteiger partial charge on any atom is 0.0653 e. The summed E-state index contributed by atoms with van der Waals surface area (Å²) in [6, 6.07) is 0. The van der Waals surface area contributed by atoms with Crippen LogP contribution in [0.5, 0.6) is 0 Å². The number of rotatable bonds is 0. The summed E-state index contributed by atoms with van der Waals surface area (Å²) in [5, 5.41) is 10.0. The molecule has 3 aliphatic rings. The van der Waals surface area contributed by atoms with E-state index in [1.54, 1.807) is 0 Å². The van der Waals surface area contributed by atoms with Crippen LogP contribution in [0, 0.1) is 17.3 Å². The Morgan fingerprint density at radius 2 is 1.91 bits per heavy atom. The van der Waals surface area contributed by atoms with Gasteiger partial charge >= 0.3 is 0 Å².